The SMILES string of the molecule is [N-]=[N+]=NC[C@H]1OC[C@H](Nc2cncc(C(F)(F)F)n2)[C@@H](O)[C@H]1O. The molecule has 0 spiro atoms. The van der Waals surface area contributed by atoms with Crippen molar-refractivity contribution in [2.45, 2.75) is 30.5 Å². The molecule has 0 unspecified atom stereocenters. The van der Waals surface area contributed by atoms with Gasteiger partial charge < -0.3 is 20.3 Å². The second kappa shape index (κ2) is 6.96. The lowest BCUT2D eigenvalue weighted by Crippen LogP contribution is -2.56. The van der Waals surface area contributed by atoms with Gasteiger partial charge in [0.25, 0.3) is 0 Å². The maximum Gasteiger partial charge on any atom is 0.434 e. The standard InChI is InChI=1S/C11H13F3N6O3/c12-11(13,14)7-2-16-3-8(19-7)18-5-4-23-6(1-17-20-15)10(22)9(5)21/h2-3,5-6,9-10,21-22H,1,4H2,(H,18,19)/t5-,6+,9+,10-/m0/s1. The molecule has 1 fully saturated rings. The average molecular weight is 334 g/mol. The molecule has 126 valence electrons. The Morgan fingerprint density at radius 1 is 1.39 bits per heavy atom. The van der Waals surface area contributed by atoms with E-state index in [2.05, 4.69) is 25.3 Å². The predicted molar refractivity (Wildman–Crippen MR) is 70.2 cm³/mol. The summed E-state index contributed by atoms with van der Waals surface area (Å²) >= 11 is 0. The Balaban J connectivity index is 2.05. The summed E-state index contributed by atoms with van der Waals surface area (Å²) in [4.78, 5) is 9.30. The van der Waals surface area contributed by atoms with Gasteiger partial charge in [0, 0.05) is 4.91 Å². The summed E-state index contributed by atoms with van der Waals surface area (Å²) in [6, 6.07) is -0.898. The van der Waals surface area contributed by atoms with E-state index in [0.29, 0.717) is 6.20 Å². The van der Waals surface area contributed by atoms with Crippen molar-refractivity contribution in [3.05, 3.63) is 28.5 Å². The summed E-state index contributed by atoms with van der Waals surface area (Å²) in [5.74, 6) is -0.215. The molecule has 0 aliphatic carbocycles. The molecule has 2 rings (SSSR count). The molecule has 2 heterocycles. The molecule has 1 aromatic rings. The van der Waals surface area contributed by atoms with Crippen LogP contribution in [0.15, 0.2) is 17.5 Å². The van der Waals surface area contributed by atoms with Crippen LogP contribution in [0, 0.1) is 0 Å². The normalized spacial score (nSPS) is 28.0. The van der Waals surface area contributed by atoms with Crippen LogP contribution in [0.1, 0.15) is 5.69 Å². The zero-order valence-electron chi connectivity index (χ0n) is 11.6. The maximum atomic E-state index is 12.6. The highest BCUT2D eigenvalue weighted by atomic mass is 19.4. The lowest BCUT2D eigenvalue weighted by Gasteiger charge is -2.37. The highest BCUT2D eigenvalue weighted by Crippen LogP contribution is 2.28. The van der Waals surface area contributed by atoms with Crippen LogP contribution in [0.3, 0.4) is 0 Å². The number of azide groups is 1. The Kier molecular flexibility index (Phi) is 5.21. The van der Waals surface area contributed by atoms with E-state index >= 15 is 0 Å². The van der Waals surface area contributed by atoms with Crippen molar-refractivity contribution in [1.29, 1.82) is 0 Å². The van der Waals surface area contributed by atoms with Gasteiger partial charge in [0.15, 0.2) is 5.69 Å². The summed E-state index contributed by atoms with van der Waals surface area (Å²) < 4.78 is 42.9. The van der Waals surface area contributed by atoms with Crippen LogP contribution in [0.25, 0.3) is 10.4 Å². The van der Waals surface area contributed by atoms with E-state index in [0.717, 1.165) is 6.20 Å². The van der Waals surface area contributed by atoms with Gasteiger partial charge in [0.1, 0.15) is 18.0 Å². The zero-order valence-corrected chi connectivity index (χ0v) is 11.6. The molecule has 12 heteroatoms. The Hall–Kier alpha value is -2.14. The van der Waals surface area contributed by atoms with Crippen molar-refractivity contribution in [3.8, 4) is 0 Å². The van der Waals surface area contributed by atoms with Gasteiger partial charge in [-0.3, -0.25) is 4.98 Å². The van der Waals surface area contributed by atoms with Crippen LogP contribution in [-0.2, 0) is 10.9 Å². The van der Waals surface area contributed by atoms with Crippen LogP contribution in [-0.4, -0.2) is 57.7 Å². The molecule has 0 bridgehead atoms. The van der Waals surface area contributed by atoms with Crippen molar-refractivity contribution < 1.29 is 28.1 Å². The molecule has 1 aliphatic heterocycles. The zero-order chi connectivity index (χ0) is 17.0. The first-order valence-electron chi connectivity index (χ1n) is 6.47. The Morgan fingerprint density at radius 2 is 2.13 bits per heavy atom. The maximum absolute atomic E-state index is 12.6. The number of hydrogen-bond acceptors (Lipinski definition) is 7. The number of aliphatic hydroxyl groups excluding tert-OH is 2. The molecule has 4 atom stereocenters. The van der Waals surface area contributed by atoms with Crippen molar-refractivity contribution in [2.75, 3.05) is 18.5 Å². The van der Waals surface area contributed by atoms with Gasteiger partial charge in [-0.2, -0.15) is 13.2 Å². The highest BCUT2D eigenvalue weighted by Gasteiger charge is 2.38. The summed E-state index contributed by atoms with van der Waals surface area (Å²) in [5, 5.41) is 25.7. The van der Waals surface area contributed by atoms with Gasteiger partial charge in [-0.1, -0.05) is 5.11 Å². The number of ether oxygens (including phenoxy) is 1. The quantitative estimate of drug-likeness (QED) is 0.421. The predicted octanol–water partition coefficient (Wildman–Crippen LogP) is 0.707. The molecule has 3 N–H and O–H groups in total. The second-order valence-corrected chi connectivity index (χ2v) is 4.80. The number of anilines is 1. The summed E-state index contributed by atoms with van der Waals surface area (Å²) in [5.41, 5.74) is 7.04. The van der Waals surface area contributed by atoms with Gasteiger partial charge in [0.2, 0.25) is 0 Å². The first kappa shape index (κ1) is 17.2. The molecule has 0 aromatic carbocycles. The van der Waals surface area contributed by atoms with Gasteiger partial charge >= 0.3 is 6.18 Å². The number of alkyl halides is 3. The number of rotatable bonds is 4. The molecule has 0 amide bonds. The number of aliphatic hydroxyl groups is 2. The molecule has 1 aliphatic rings. The molecule has 0 saturated carbocycles. The lowest BCUT2D eigenvalue weighted by molar-refractivity contribution is -0.141. The van der Waals surface area contributed by atoms with E-state index in [4.69, 9.17) is 10.3 Å². The molecular weight excluding hydrogens is 321 g/mol. The fourth-order valence-corrected chi connectivity index (χ4v) is 2.05. The minimum Gasteiger partial charge on any atom is -0.388 e. The number of halogens is 3. The fourth-order valence-electron chi connectivity index (χ4n) is 2.05. The van der Waals surface area contributed by atoms with Crippen molar-refractivity contribution in [1.82, 2.24) is 9.97 Å². The largest absolute Gasteiger partial charge is 0.434 e. The van der Waals surface area contributed by atoms with E-state index in [1.165, 1.54) is 0 Å². The Bertz CT molecular complexity index is 595. The Morgan fingerprint density at radius 3 is 2.78 bits per heavy atom. The summed E-state index contributed by atoms with van der Waals surface area (Å²) in [7, 11) is 0. The molecule has 1 aromatic heterocycles. The number of nitrogens with zero attached hydrogens (tertiary/aromatic N) is 5. The Labute approximate surface area is 127 Å². The topological polar surface area (TPSA) is 136 Å². The molecule has 9 nitrogen and oxygen atoms in total. The van der Waals surface area contributed by atoms with Crippen LogP contribution in [0.5, 0.6) is 0 Å². The van der Waals surface area contributed by atoms with Gasteiger partial charge in [-0.25, -0.2) is 4.98 Å². The molecule has 1 saturated heterocycles. The molecule has 0 radical (unpaired) electrons. The first-order chi connectivity index (χ1) is 10.8. The highest BCUT2D eigenvalue weighted by molar-refractivity contribution is 5.34. The monoisotopic (exact) mass is 334 g/mol. The third-order valence-electron chi connectivity index (χ3n) is 3.22. The van der Waals surface area contributed by atoms with Crippen LogP contribution < -0.4 is 5.32 Å². The summed E-state index contributed by atoms with van der Waals surface area (Å²) in [6.07, 6.45) is -6.63. The van der Waals surface area contributed by atoms with E-state index in [1.54, 1.807) is 0 Å². The van der Waals surface area contributed by atoms with Crippen molar-refractivity contribution in [2.24, 2.45) is 5.11 Å². The second-order valence-electron chi connectivity index (χ2n) is 4.80. The average Bonchev–Trinajstić information content (AvgIpc) is 2.51. The summed E-state index contributed by atoms with van der Waals surface area (Å²) in [6.45, 7) is -0.299. The van der Waals surface area contributed by atoms with E-state index < -0.39 is 36.2 Å². The third kappa shape index (κ3) is 4.20. The van der Waals surface area contributed by atoms with Crippen molar-refractivity contribution >= 4 is 5.82 Å². The van der Waals surface area contributed by atoms with Crippen LogP contribution >= 0.6 is 0 Å². The van der Waals surface area contributed by atoms with Crippen LogP contribution in [0.2, 0.25) is 0 Å². The van der Waals surface area contributed by atoms with E-state index in [-0.39, 0.29) is 19.0 Å². The van der Waals surface area contributed by atoms with E-state index in [1.807, 2.05) is 0 Å². The molecular formula is C11H13F3N6O3. The van der Waals surface area contributed by atoms with E-state index in [9.17, 15) is 23.4 Å². The van der Waals surface area contributed by atoms with Gasteiger partial charge in [-0.05, 0) is 5.53 Å². The number of hydrogen-bond donors (Lipinski definition) is 3. The molecule has 23 heavy (non-hydrogen) atoms. The van der Waals surface area contributed by atoms with Gasteiger partial charge in [-0.15, -0.1) is 0 Å². The minimum atomic E-state index is -4.65. The van der Waals surface area contributed by atoms with Gasteiger partial charge in [0.05, 0.1) is 37.7 Å². The smallest absolute Gasteiger partial charge is 0.388 e. The number of nitrogens with one attached hydrogen (secondary N) is 1. The minimum absolute atomic E-state index is 0.123. The first-order valence-corrected chi connectivity index (χ1v) is 6.47. The third-order valence-corrected chi connectivity index (χ3v) is 3.22. The fraction of sp³-hybridized carbons (Fsp3) is 0.636. The number of aromatic nitrogens is 2. The van der Waals surface area contributed by atoms with Crippen molar-refractivity contribution in [3.63, 3.8) is 0 Å². The lowest BCUT2D eigenvalue weighted by atomic mass is 9.98. The van der Waals surface area contributed by atoms with Crippen LogP contribution in [0.4, 0.5) is 19.0 Å².